The number of aliphatic carboxylic acids is 1. The topological polar surface area (TPSA) is 112 Å². The van der Waals surface area contributed by atoms with Crippen LogP contribution in [0, 0.1) is 10.1 Å². The summed E-state index contributed by atoms with van der Waals surface area (Å²) in [7, 11) is 0. The Kier molecular flexibility index (Phi) is 4.00. The van der Waals surface area contributed by atoms with Crippen molar-refractivity contribution >= 4 is 34.9 Å². The molecule has 0 saturated carbocycles. The monoisotopic (exact) mass is 257 g/mol. The molecular formula is C9H6ClN2O5-. The molecule has 1 N–H and O–H groups in total. The second-order valence-electron chi connectivity index (χ2n) is 3.02. The summed E-state index contributed by atoms with van der Waals surface area (Å²) in [6, 6.07) is 3.55. The molecule has 0 saturated heterocycles. The standard InChI is InChI=1S/C9H7ClN2O5/c10-5-1-2-7(12(16)17)6(3-5)11-8(13)4-9(14)15/h1-3H,4H2,(H,11,13)(H,14,15)/p-1. The van der Waals surface area contributed by atoms with Crippen molar-refractivity contribution < 1.29 is 19.6 Å². The highest BCUT2D eigenvalue weighted by molar-refractivity contribution is 6.31. The number of hydrogen-bond acceptors (Lipinski definition) is 5. The largest absolute Gasteiger partial charge is 0.550 e. The molecule has 0 aliphatic heterocycles. The van der Waals surface area contributed by atoms with Gasteiger partial charge in [-0.15, -0.1) is 0 Å². The number of benzene rings is 1. The molecule has 7 nitrogen and oxygen atoms in total. The molecule has 0 heterocycles. The van der Waals surface area contributed by atoms with Crippen molar-refractivity contribution in [1.82, 2.24) is 0 Å². The van der Waals surface area contributed by atoms with Crippen molar-refractivity contribution in [2.45, 2.75) is 6.42 Å². The van der Waals surface area contributed by atoms with Crippen molar-refractivity contribution in [1.29, 1.82) is 0 Å². The Morgan fingerprint density at radius 2 is 2.06 bits per heavy atom. The number of nitro groups is 1. The van der Waals surface area contributed by atoms with Gasteiger partial charge in [0.2, 0.25) is 5.91 Å². The predicted molar refractivity (Wildman–Crippen MR) is 56.4 cm³/mol. The molecule has 1 aromatic carbocycles. The van der Waals surface area contributed by atoms with E-state index in [0.29, 0.717) is 0 Å². The van der Waals surface area contributed by atoms with Crippen LogP contribution in [0.5, 0.6) is 0 Å². The molecular weight excluding hydrogens is 252 g/mol. The summed E-state index contributed by atoms with van der Waals surface area (Å²) in [6.45, 7) is 0. The maximum Gasteiger partial charge on any atom is 0.292 e. The minimum atomic E-state index is -1.58. The molecule has 8 heteroatoms. The molecule has 0 radical (unpaired) electrons. The Hall–Kier alpha value is -2.15. The van der Waals surface area contributed by atoms with Crippen LogP contribution in [-0.2, 0) is 9.59 Å². The first-order valence-electron chi connectivity index (χ1n) is 4.34. The highest BCUT2D eigenvalue weighted by Crippen LogP contribution is 2.27. The molecule has 0 atom stereocenters. The lowest BCUT2D eigenvalue weighted by molar-refractivity contribution is -0.383. The van der Waals surface area contributed by atoms with Gasteiger partial charge in [0.25, 0.3) is 5.69 Å². The molecule has 0 fully saturated rings. The molecule has 0 bridgehead atoms. The Bertz CT molecular complexity index is 488. The van der Waals surface area contributed by atoms with Gasteiger partial charge < -0.3 is 15.2 Å². The average molecular weight is 258 g/mol. The Labute approximate surface area is 100 Å². The molecule has 0 unspecified atom stereocenters. The number of halogens is 1. The number of nitro benzene ring substituents is 1. The summed E-state index contributed by atoms with van der Waals surface area (Å²) < 4.78 is 0. The zero-order valence-corrected chi connectivity index (χ0v) is 9.06. The fourth-order valence-corrected chi connectivity index (χ4v) is 1.27. The van der Waals surface area contributed by atoms with E-state index in [4.69, 9.17) is 11.6 Å². The summed E-state index contributed by atoms with van der Waals surface area (Å²) in [4.78, 5) is 31.2. The number of carboxylic acids is 1. The second kappa shape index (κ2) is 5.26. The lowest BCUT2D eigenvalue weighted by atomic mass is 10.2. The normalized spacial score (nSPS) is 9.71. The van der Waals surface area contributed by atoms with Gasteiger partial charge in [0.05, 0.1) is 17.3 Å². The van der Waals surface area contributed by atoms with Crippen LogP contribution in [0.25, 0.3) is 0 Å². The third kappa shape index (κ3) is 3.72. The van der Waals surface area contributed by atoms with Crippen molar-refractivity contribution in [2.75, 3.05) is 5.32 Å². The fourth-order valence-electron chi connectivity index (χ4n) is 1.09. The molecule has 0 spiro atoms. The van der Waals surface area contributed by atoms with Gasteiger partial charge in [-0.25, -0.2) is 0 Å². The number of carboxylic acid groups (broad SMARTS) is 1. The number of carbonyl (C=O) groups is 2. The third-order valence-electron chi connectivity index (χ3n) is 1.73. The van der Waals surface area contributed by atoms with E-state index < -0.39 is 23.2 Å². The van der Waals surface area contributed by atoms with Gasteiger partial charge in [-0.3, -0.25) is 14.9 Å². The van der Waals surface area contributed by atoms with Gasteiger partial charge in [-0.2, -0.15) is 0 Å². The Morgan fingerprint density at radius 1 is 1.41 bits per heavy atom. The number of anilines is 1. The number of hydrogen-bond donors (Lipinski definition) is 1. The minimum Gasteiger partial charge on any atom is -0.550 e. The SMILES string of the molecule is O=C([O-])CC(=O)Nc1cc(Cl)ccc1[N+](=O)[O-]. The van der Waals surface area contributed by atoms with Crippen LogP contribution in [-0.4, -0.2) is 16.8 Å². The van der Waals surface area contributed by atoms with Crippen molar-refractivity contribution in [3.8, 4) is 0 Å². The molecule has 1 amide bonds. The first-order chi connectivity index (χ1) is 7.90. The van der Waals surface area contributed by atoms with Crippen LogP contribution < -0.4 is 10.4 Å². The lowest BCUT2D eigenvalue weighted by Crippen LogP contribution is -2.28. The van der Waals surface area contributed by atoms with Gasteiger partial charge in [0.1, 0.15) is 5.69 Å². The Balaban J connectivity index is 2.96. The average Bonchev–Trinajstić information content (AvgIpc) is 2.15. The summed E-state index contributed by atoms with van der Waals surface area (Å²) in [5.74, 6) is -2.50. The quantitative estimate of drug-likeness (QED) is 0.474. The van der Waals surface area contributed by atoms with Gasteiger partial charge in [-0.05, 0) is 12.1 Å². The molecule has 0 aromatic heterocycles. The van der Waals surface area contributed by atoms with E-state index in [1.54, 1.807) is 0 Å². The summed E-state index contributed by atoms with van der Waals surface area (Å²) in [6.07, 6.45) is -0.885. The highest BCUT2D eigenvalue weighted by atomic mass is 35.5. The van der Waals surface area contributed by atoms with Crippen molar-refractivity contribution in [3.05, 3.63) is 33.3 Å². The molecule has 17 heavy (non-hydrogen) atoms. The smallest absolute Gasteiger partial charge is 0.292 e. The molecule has 1 aromatic rings. The summed E-state index contributed by atoms with van der Waals surface area (Å²) in [5, 5.41) is 23.0. The fraction of sp³-hybridized carbons (Fsp3) is 0.111. The van der Waals surface area contributed by atoms with E-state index >= 15 is 0 Å². The van der Waals surface area contributed by atoms with E-state index in [9.17, 15) is 24.8 Å². The zero-order chi connectivity index (χ0) is 13.0. The van der Waals surface area contributed by atoms with Crippen LogP contribution in [0.1, 0.15) is 6.42 Å². The summed E-state index contributed by atoms with van der Waals surface area (Å²) >= 11 is 5.61. The molecule has 0 aliphatic carbocycles. The predicted octanol–water partition coefficient (Wildman–Crippen LogP) is 0.327. The van der Waals surface area contributed by atoms with Crippen LogP contribution >= 0.6 is 11.6 Å². The molecule has 0 aliphatic rings. The number of nitrogens with zero attached hydrogens (tertiary/aromatic N) is 1. The van der Waals surface area contributed by atoms with Gasteiger partial charge >= 0.3 is 0 Å². The van der Waals surface area contributed by atoms with Gasteiger partial charge in [0.15, 0.2) is 0 Å². The number of nitrogens with one attached hydrogen (secondary N) is 1. The third-order valence-corrected chi connectivity index (χ3v) is 1.97. The lowest BCUT2D eigenvalue weighted by Gasteiger charge is -2.06. The number of rotatable bonds is 4. The van der Waals surface area contributed by atoms with E-state index in [-0.39, 0.29) is 16.4 Å². The van der Waals surface area contributed by atoms with E-state index in [0.717, 1.165) is 12.1 Å². The van der Waals surface area contributed by atoms with Crippen LogP contribution in [0.2, 0.25) is 5.02 Å². The maximum atomic E-state index is 11.1. The number of carbonyl (C=O) groups excluding carboxylic acids is 2. The van der Waals surface area contributed by atoms with Crippen molar-refractivity contribution in [3.63, 3.8) is 0 Å². The number of amides is 1. The van der Waals surface area contributed by atoms with Crippen LogP contribution in [0.4, 0.5) is 11.4 Å². The first-order valence-corrected chi connectivity index (χ1v) is 4.71. The van der Waals surface area contributed by atoms with E-state index in [1.165, 1.54) is 6.07 Å². The molecule has 90 valence electrons. The van der Waals surface area contributed by atoms with E-state index in [1.807, 2.05) is 0 Å². The highest BCUT2D eigenvalue weighted by Gasteiger charge is 2.16. The summed E-state index contributed by atoms with van der Waals surface area (Å²) in [5.41, 5.74) is -0.533. The van der Waals surface area contributed by atoms with Gasteiger partial charge in [0, 0.05) is 11.1 Å². The minimum absolute atomic E-state index is 0.159. The van der Waals surface area contributed by atoms with E-state index in [2.05, 4.69) is 5.32 Å². The van der Waals surface area contributed by atoms with Crippen LogP contribution in [0.3, 0.4) is 0 Å². The zero-order valence-electron chi connectivity index (χ0n) is 8.31. The molecule has 1 rings (SSSR count). The van der Waals surface area contributed by atoms with Crippen molar-refractivity contribution in [2.24, 2.45) is 0 Å². The first kappa shape index (κ1) is 12.9. The maximum absolute atomic E-state index is 11.1. The second-order valence-corrected chi connectivity index (χ2v) is 3.45. The Morgan fingerprint density at radius 3 is 2.59 bits per heavy atom. The van der Waals surface area contributed by atoms with Crippen LogP contribution in [0.15, 0.2) is 18.2 Å². The van der Waals surface area contributed by atoms with Gasteiger partial charge in [-0.1, -0.05) is 11.6 Å².